The lowest BCUT2D eigenvalue weighted by Crippen LogP contribution is -2.30. The normalized spacial score (nSPS) is 15.9. The standard InChI is InChI=1S/C23H15ClF3N3O2/c24-20-8-5-14(12-28-20)13-30-19-7-6-16(32-23(25,26)27)11-17(19)21(22(30)31)29-10-9-15-3-1-2-4-18(15)29/h1-12,21H,13H2. The molecule has 2 aromatic heterocycles. The molecule has 0 spiro atoms. The van der Waals surface area contributed by atoms with E-state index in [2.05, 4.69) is 9.72 Å². The third-order valence-electron chi connectivity index (χ3n) is 5.36. The van der Waals surface area contributed by atoms with E-state index in [0.717, 1.165) is 16.5 Å². The lowest BCUT2D eigenvalue weighted by atomic mass is 10.1. The summed E-state index contributed by atoms with van der Waals surface area (Å²) in [7, 11) is 0. The van der Waals surface area contributed by atoms with Crippen molar-refractivity contribution in [3.63, 3.8) is 0 Å². The molecule has 0 N–H and O–H groups in total. The van der Waals surface area contributed by atoms with Crippen LogP contribution in [0.15, 0.2) is 73.1 Å². The number of nitrogens with zero attached hydrogens (tertiary/aromatic N) is 3. The van der Waals surface area contributed by atoms with E-state index in [-0.39, 0.29) is 18.2 Å². The zero-order valence-electron chi connectivity index (χ0n) is 16.4. The molecule has 1 atom stereocenters. The number of benzene rings is 2. The van der Waals surface area contributed by atoms with E-state index < -0.39 is 12.4 Å². The third-order valence-corrected chi connectivity index (χ3v) is 5.58. The van der Waals surface area contributed by atoms with E-state index in [0.29, 0.717) is 16.4 Å². The Balaban J connectivity index is 1.61. The molecule has 1 unspecified atom stereocenters. The molecule has 3 heterocycles. The SMILES string of the molecule is O=C1C(n2ccc3ccccc32)c2cc(OC(F)(F)F)ccc2N1Cc1ccc(Cl)nc1. The van der Waals surface area contributed by atoms with Crippen LogP contribution in [-0.4, -0.2) is 21.8 Å². The van der Waals surface area contributed by atoms with Crippen LogP contribution in [0.3, 0.4) is 0 Å². The molecule has 1 aliphatic rings. The van der Waals surface area contributed by atoms with Gasteiger partial charge in [-0.2, -0.15) is 0 Å². The van der Waals surface area contributed by atoms with Gasteiger partial charge in [-0.15, -0.1) is 13.2 Å². The van der Waals surface area contributed by atoms with Crippen molar-refractivity contribution in [3.05, 3.63) is 89.3 Å². The summed E-state index contributed by atoms with van der Waals surface area (Å²) >= 11 is 5.85. The van der Waals surface area contributed by atoms with Crippen molar-refractivity contribution in [1.82, 2.24) is 9.55 Å². The van der Waals surface area contributed by atoms with Crippen molar-refractivity contribution in [1.29, 1.82) is 0 Å². The fourth-order valence-corrected chi connectivity index (χ4v) is 4.15. The highest BCUT2D eigenvalue weighted by Gasteiger charge is 2.40. The molecule has 0 bridgehead atoms. The van der Waals surface area contributed by atoms with Gasteiger partial charge in [0.2, 0.25) is 0 Å². The van der Waals surface area contributed by atoms with Gasteiger partial charge in [-0.1, -0.05) is 35.9 Å². The monoisotopic (exact) mass is 457 g/mol. The Labute approximate surface area is 185 Å². The van der Waals surface area contributed by atoms with Crippen LogP contribution in [0, 0.1) is 0 Å². The van der Waals surface area contributed by atoms with Gasteiger partial charge in [-0.05, 0) is 47.3 Å². The first-order valence-electron chi connectivity index (χ1n) is 9.67. The Hall–Kier alpha value is -3.52. The summed E-state index contributed by atoms with van der Waals surface area (Å²) in [5, 5.41) is 1.25. The van der Waals surface area contributed by atoms with Gasteiger partial charge < -0.3 is 14.2 Å². The van der Waals surface area contributed by atoms with Crippen LogP contribution >= 0.6 is 11.6 Å². The number of hydrogen-bond acceptors (Lipinski definition) is 3. The summed E-state index contributed by atoms with van der Waals surface area (Å²) in [6.45, 7) is 0.200. The van der Waals surface area contributed by atoms with Crippen molar-refractivity contribution in [2.75, 3.05) is 4.90 Å². The maximum absolute atomic E-state index is 13.6. The van der Waals surface area contributed by atoms with Crippen molar-refractivity contribution in [2.24, 2.45) is 0 Å². The first-order chi connectivity index (χ1) is 15.3. The number of halogens is 4. The average Bonchev–Trinajstić information content (AvgIpc) is 3.27. The number of rotatable bonds is 4. The summed E-state index contributed by atoms with van der Waals surface area (Å²) in [5.41, 5.74) is 2.48. The smallest absolute Gasteiger partial charge is 0.406 e. The van der Waals surface area contributed by atoms with Crippen molar-refractivity contribution in [3.8, 4) is 5.75 Å². The second-order valence-electron chi connectivity index (χ2n) is 7.37. The highest BCUT2D eigenvalue weighted by molar-refractivity contribution is 6.29. The summed E-state index contributed by atoms with van der Waals surface area (Å²) in [6, 6.07) is 15.9. The van der Waals surface area contributed by atoms with Gasteiger partial charge >= 0.3 is 6.36 Å². The molecule has 0 aliphatic carbocycles. The van der Waals surface area contributed by atoms with Gasteiger partial charge in [0.05, 0.1) is 12.2 Å². The zero-order chi connectivity index (χ0) is 22.5. The number of carbonyl (C=O) groups is 1. The van der Waals surface area contributed by atoms with Crippen LogP contribution in [0.4, 0.5) is 18.9 Å². The number of ether oxygens (including phenoxy) is 1. The molecular weight excluding hydrogens is 443 g/mol. The highest BCUT2D eigenvalue weighted by Crippen LogP contribution is 2.43. The maximum Gasteiger partial charge on any atom is 0.573 e. The van der Waals surface area contributed by atoms with Crippen LogP contribution < -0.4 is 9.64 Å². The molecule has 5 rings (SSSR count). The molecule has 2 aromatic carbocycles. The lowest BCUT2D eigenvalue weighted by Gasteiger charge is -2.19. The van der Waals surface area contributed by atoms with E-state index in [1.165, 1.54) is 23.1 Å². The summed E-state index contributed by atoms with van der Waals surface area (Å²) in [5.74, 6) is -0.638. The van der Waals surface area contributed by atoms with Crippen molar-refractivity contribution in [2.45, 2.75) is 18.9 Å². The predicted molar refractivity (Wildman–Crippen MR) is 114 cm³/mol. The van der Waals surface area contributed by atoms with Gasteiger partial charge in [0.15, 0.2) is 0 Å². The number of anilines is 1. The summed E-state index contributed by atoms with van der Waals surface area (Å²) in [6.07, 6.45) is -1.50. The van der Waals surface area contributed by atoms with Crippen LogP contribution in [-0.2, 0) is 11.3 Å². The number of fused-ring (bicyclic) bond motifs is 2. The Morgan fingerprint density at radius 3 is 2.62 bits per heavy atom. The summed E-state index contributed by atoms with van der Waals surface area (Å²) in [4.78, 5) is 19.2. The zero-order valence-corrected chi connectivity index (χ0v) is 17.1. The van der Waals surface area contributed by atoms with Gasteiger partial charge in [-0.3, -0.25) is 4.79 Å². The molecule has 162 valence electrons. The van der Waals surface area contributed by atoms with Crippen molar-refractivity contribution >= 4 is 34.1 Å². The maximum atomic E-state index is 13.6. The van der Waals surface area contributed by atoms with E-state index in [1.54, 1.807) is 29.1 Å². The molecule has 5 nitrogen and oxygen atoms in total. The molecule has 0 fully saturated rings. The second-order valence-corrected chi connectivity index (χ2v) is 7.75. The predicted octanol–water partition coefficient (Wildman–Crippen LogP) is 5.72. The highest BCUT2D eigenvalue weighted by atomic mass is 35.5. The number of para-hydroxylation sites is 1. The minimum atomic E-state index is -4.83. The first-order valence-corrected chi connectivity index (χ1v) is 10.0. The molecule has 9 heteroatoms. The second kappa shape index (κ2) is 7.56. The molecule has 4 aromatic rings. The third kappa shape index (κ3) is 3.67. The number of hydrogen-bond donors (Lipinski definition) is 0. The number of amides is 1. The van der Waals surface area contributed by atoms with E-state index >= 15 is 0 Å². The van der Waals surface area contributed by atoms with Gasteiger partial charge in [0.25, 0.3) is 5.91 Å². The van der Waals surface area contributed by atoms with Gasteiger partial charge in [0.1, 0.15) is 16.9 Å². The van der Waals surface area contributed by atoms with Gasteiger partial charge in [0, 0.05) is 23.5 Å². The molecule has 1 aliphatic heterocycles. The van der Waals surface area contributed by atoms with E-state index in [9.17, 15) is 18.0 Å². The molecular formula is C23H15ClF3N3O2. The van der Waals surface area contributed by atoms with E-state index in [4.69, 9.17) is 11.6 Å². The van der Waals surface area contributed by atoms with Crippen LogP contribution in [0.5, 0.6) is 5.75 Å². The summed E-state index contributed by atoms with van der Waals surface area (Å²) < 4.78 is 44.4. The number of alkyl halides is 3. The number of pyridine rings is 1. The van der Waals surface area contributed by atoms with Crippen LogP contribution in [0.1, 0.15) is 17.2 Å². The molecule has 32 heavy (non-hydrogen) atoms. The van der Waals surface area contributed by atoms with Crippen LogP contribution in [0.25, 0.3) is 10.9 Å². The largest absolute Gasteiger partial charge is 0.573 e. The molecule has 0 radical (unpaired) electrons. The Morgan fingerprint density at radius 1 is 1.06 bits per heavy atom. The topological polar surface area (TPSA) is 47.4 Å². The Morgan fingerprint density at radius 2 is 1.88 bits per heavy atom. The Kier molecular flexibility index (Phi) is 4.82. The van der Waals surface area contributed by atoms with Crippen molar-refractivity contribution < 1.29 is 22.7 Å². The van der Waals surface area contributed by atoms with E-state index in [1.807, 2.05) is 30.3 Å². The van der Waals surface area contributed by atoms with Gasteiger partial charge in [-0.25, -0.2) is 4.98 Å². The number of carbonyl (C=O) groups excluding carboxylic acids is 1. The number of aromatic nitrogens is 2. The van der Waals surface area contributed by atoms with Crippen LogP contribution in [0.2, 0.25) is 5.15 Å². The average molecular weight is 458 g/mol. The quantitative estimate of drug-likeness (QED) is 0.368. The fourth-order valence-electron chi connectivity index (χ4n) is 4.04. The molecule has 1 amide bonds. The molecule has 0 saturated carbocycles. The lowest BCUT2D eigenvalue weighted by molar-refractivity contribution is -0.274. The fraction of sp³-hybridized carbons (Fsp3) is 0.130. The Bertz CT molecular complexity index is 1320. The minimum Gasteiger partial charge on any atom is -0.406 e. The molecule has 0 saturated heterocycles. The minimum absolute atomic E-state index is 0.200. The first kappa shape index (κ1) is 20.4.